The highest BCUT2D eigenvalue weighted by atomic mass is 32.2. The molecule has 0 saturated carbocycles. The summed E-state index contributed by atoms with van der Waals surface area (Å²) in [6, 6.07) is 5.15. The molecule has 0 aliphatic carbocycles. The first-order chi connectivity index (χ1) is 10.8. The molecule has 0 spiro atoms. The zero-order valence-corrected chi connectivity index (χ0v) is 14.4. The molecule has 0 bridgehead atoms. The van der Waals surface area contributed by atoms with E-state index in [-0.39, 0.29) is 18.2 Å². The Morgan fingerprint density at radius 1 is 1.35 bits per heavy atom. The second-order valence-corrected chi connectivity index (χ2v) is 7.58. The van der Waals surface area contributed by atoms with Gasteiger partial charge in [0.05, 0.1) is 26.2 Å². The van der Waals surface area contributed by atoms with Crippen LogP contribution in [0.1, 0.15) is 12.8 Å². The summed E-state index contributed by atoms with van der Waals surface area (Å²) in [6.45, 7) is 0.862. The lowest BCUT2D eigenvalue weighted by molar-refractivity contribution is -0.117. The van der Waals surface area contributed by atoms with E-state index in [0.29, 0.717) is 36.7 Å². The van der Waals surface area contributed by atoms with Crippen molar-refractivity contribution in [1.29, 1.82) is 0 Å². The Kier molecular flexibility index (Phi) is 5.48. The molecule has 1 unspecified atom stereocenters. The molecule has 1 aromatic rings. The van der Waals surface area contributed by atoms with Gasteiger partial charge in [0.15, 0.2) is 0 Å². The van der Waals surface area contributed by atoms with Crippen LogP contribution in [-0.2, 0) is 14.8 Å². The van der Waals surface area contributed by atoms with Gasteiger partial charge in [0.1, 0.15) is 11.5 Å². The number of hydrogen-bond acceptors (Lipinski definition) is 5. The third-order valence-electron chi connectivity index (χ3n) is 3.87. The zero-order valence-electron chi connectivity index (χ0n) is 13.5. The third kappa shape index (κ3) is 4.59. The minimum atomic E-state index is -3.18. The number of anilines is 1. The van der Waals surface area contributed by atoms with Crippen LogP contribution in [0.5, 0.6) is 11.5 Å². The fourth-order valence-electron chi connectivity index (χ4n) is 2.64. The third-order valence-corrected chi connectivity index (χ3v) is 5.14. The summed E-state index contributed by atoms with van der Waals surface area (Å²) >= 11 is 0. The van der Waals surface area contributed by atoms with Crippen molar-refractivity contribution in [3.8, 4) is 11.5 Å². The van der Waals surface area contributed by atoms with Gasteiger partial charge in [0.25, 0.3) is 0 Å². The summed E-state index contributed by atoms with van der Waals surface area (Å²) in [5, 5.41) is 2.80. The van der Waals surface area contributed by atoms with Crippen molar-refractivity contribution in [2.24, 2.45) is 5.92 Å². The number of benzene rings is 1. The van der Waals surface area contributed by atoms with Crippen LogP contribution in [0.2, 0.25) is 0 Å². The van der Waals surface area contributed by atoms with E-state index in [1.54, 1.807) is 25.3 Å². The predicted octanol–water partition coefficient (Wildman–Crippen LogP) is 1.31. The van der Waals surface area contributed by atoms with E-state index < -0.39 is 10.0 Å². The van der Waals surface area contributed by atoms with Gasteiger partial charge in [-0.25, -0.2) is 12.7 Å². The van der Waals surface area contributed by atoms with E-state index >= 15 is 0 Å². The molecule has 23 heavy (non-hydrogen) atoms. The van der Waals surface area contributed by atoms with Crippen molar-refractivity contribution in [3.05, 3.63) is 18.2 Å². The molecule has 0 radical (unpaired) electrons. The van der Waals surface area contributed by atoms with Crippen molar-refractivity contribution in [2.45, 2.75) is 12.8 Å². The maximum absolute atomic E-state index is 12.2. The molecule has 1 heterocycles. The average molecular weight is 342 g/mol. The van der Waals surface area contributed by atoms with E-state index in [2.05, 4.69) is 5.32 Å². The molecule has 128 valence electrons. The molecule has 1 N–H and O–H groups in total. The standard InChI is InChI=1S/C15H22N2O5S/c1-21-12-4-5-14(22-2)13(9-12)16-15(18)8-11-6-7-17(10-11)23(3,19)20/h4-5,9,11H,6-8,10H2,1-3H3,(H,16,18). The first-order valence-corrected chi connectivity index (χ1v) is 9.15. The van der Waals surface area contributed by atoms with Gasteiger partial charge in [-0.2, -0.15) is 0 Å². The molecular formula is C15H22N2O5S. The Morgan fingerprint density at radius 3 is 2.65 bits per heavy atom. The molecule has 1 amide bonds. The van der Waals surface area contributed by atoms with Crippen molar-refractivity contribution in [3.63, 3.8) is 0 Å². The lowest BCUT2D eigenvalue weighted by Crippen LogP contribution is -2.28. The lowest BCUT2D eigenvalue weighted by Gasteiger charge is -2.14. The van der Waals surface area contributed by atoms with Gasteiger partial charge in [-0.1, -0.05) is 0 Å². The highest BCUT2D eigenvalue weighted by Crippen LogP contribution is 2.30. The highest BCUT2D eigenvalue weighted by molar-refractivity contribution is 7.88. The molecular weight excluding hydrogens is 320 g/mol. The normalized spacial score (nSPS) is 18.7. The van der Waals surface area contributed by atoms with Crippen LogP contribution in [-0.4, -0.2) is 52.2 Å². The van der Waals surface area contributed by atoms with E-state index in [9.17, 15) is 13.2 Å². The SMILES string of the molecule is COc1ccc(OC)c(NC(=O)CC2CCN(S(C)(=O)=O)C2)c1. The molecule has 1 fully saturated rings. The topological polar surface area (TPSA) is 84.9 Å². The lowest BCUT2D eigenvalue weighted by atomic mass is 10.0. The number of nitrogens with one attached hydrogen (secondary N) is 1. The Morgan fingerprint density at radius 2 is 2.09 bits per heavy atom. The molecule has 1 aromatic carbocycles. The fraction of sp³-hybridized carbons (Fsp3) is 0.533. The van der Waals surface area contributed by atoms with Gasteiger partial charge in [0, 0.05) is 25.6 Å². The van der Waals surface area contributed by atoms with Crippen molar-refractivity contribution < 1.29 is 22.7 Å². The van der Waals surface area contributed by atoms with Gasteiger partial charge in [-0.05, 0) is 24.5 Å². The van der Waals surface area contributed by atoms with Crippen LogP contribution in [0.25, 0.3) is 0 Å². The number of ether oxygens (including phenoxy) is 2. The first-order valence-electron chi connectivity index (χ1n) is 7.30. The number of methoxy groups -OCH3 is 2. The Bertz CT molecular complexity index is 674. The molecule has 1 aliphatic rings. The minimum absolute atomic E-state index is 0.0290. The predicted molar refractivity (Wildman–Crippen MR) is 87.3 cm³/mol. The monoisotopic (exact) mass is 342 g/mol. The number of carbonyl (C=O) groups excluding carboxylic acids is 1. The summed E-state index contributed by atoms with van der Waals surface area (Å²) in [5.74, 6) is 1.02. The summed E-state index contributed by atoms with van der Waals surface area (Å²) < 4.78 is 34.8. The number of hydrogen-bond donors (Lipinski definition) is 1. The molecule has 1 atom stereocenters. The number of sulfonamides is 1. The van der Waals surface area contributed by atoms with E-state index in [0.717, 1.165) is 0 Å². The summed E-state index contributed by atoms with van der Waals surface area (Å²) in [7, 11) is -0.111. The summed E-state index contributed by atoms with van der Waals surface area (Å²) in [5.41, 5.74) is 0.537. The van der Waals surface area contributed by atoms with Crippen molar-refractivity contribution in [2.75, 3.05) is 38.9 Å². The fourth-order valence-corrected chi connectivity index (χ4v) is 3.56. The number of carbonyl (C=O) groups is 1. The molecule has 0 aromatic heterocycles. The smallest absolute Gasteiger partial charge is 0.224 e. The van der Waals surface area contributed by atoms with Gasteiger partial charge in [0.2, 0.25) is 15.9 Å². The van der Waals surface area contributed by atoms with E-state index in [4.69, 9.17) is 9.47 Å². The van der Waals surface area contributed by atoms with Gasteiger partial charge in [-0.15, -0.1) is 0 Å². The van der Waals surface area contributed by atoms with Crippen LogP contribution in [0.3, 0.4) is 0 Å². The van der Waals surface area contributed by atoms with Crippen molar-refractivity contribution >= 4 is 21.6 Å². The highest BCUT2D eigenvalue weighted by Gasteiger charge is 2.29. The average Bonchev–Trinajstić information content (AvgIpc) is 2.95. The molecule has 1 saturated heterocycles. The maximum Gasteiger partial charge on any atom is 0.224 e. The Labute approximate surface area is 136 Å². The molecule has 1 aliphatic heterocycles. The number of rotatable bonds is 6. The number of nitrogens with zero attached hydrogens (tertiary/aromatic N) is 1. The zero-order chi connectivity index (χ0) is 17.0. The van der Waals surface area contributed by atoms with Gasteiger partial charge in [-0.3, -0.25) is 4.79 Å². The van der Waals surface area contributed by atoms with Crippen LogP contribution in [0.15, 0.2) is 18.2 Å². The Balaban J connectivity index is 1.98. The van der Waals surface area contributed by atoms with E-state index in [1.807, 2.05) is 0 Å². The van der Waals surface area contributed by atoms with Crippen LogP contribution >= 0.6 is 0 Å². The molecule has 2 rings (SSSR count). The summed E-state index contributed by atoms with van der Waals surface area (Å²) in [4.78, 5) is 12.2. The minimum Gasteiger partial charge on any atom is -0.497 e. The second-order valence-electron chi connectivity index (χ2n) is 5.59. The van der Waals surface area contributed by atoms with Crippen LogP contribution < -0.4 is 14.8 Å². The van der Waals surface area contributed by atoms with Crippen LogP contribution in [0.4, 0.5) is 5.69 Å². The first kappa shape index (κ1) is 17.6. The largest absolute Gasteiger partial charge is 0.497 e. The van der Waals surface area contributed by atoms with E-state index in [1.165, 1.54) is 17.7 Å². The van der Waals surface area contributed by atoms with Gasteiger partial charge < -0.3 is 14.8 Å². The number of amides is 1. The quantitative estimate of drug-likeness (QED) is 0.843. The molecule has 7 nitrogen and oxygen atoms in total. The second kappa shape index (κ2) is 7.18. The molecule has 8 heteroatoms. The maximum atomic E-state index is 12.2. The van der Waals surface area contributed by atoms with Crippen LogP contribution in [0, 0.1) is 5.92 Å². The summed E-state index contributed by atoms with van der Waals surface area (Å²) in [6.07, 6.45) is 2.15. The Hall–Kier alpha value is -1.80. The van der Waals surface area contributed by atoms with Crippen molar-refractivity contribution in [1.82, 2.24) is 4.31 Å². The van der Waals surface area contributed by atoms with Gasteiger partial charge >= 0.3 is 0 Å².